The lowest BCUT2D eigenvalue weighted by atomic mass is 9.95. The minimum atomic E-state index is -0.710. The summed E-state index contributed by atoms with van der Waals surface area (Å²) in [5, 5.41) is 11.9. The lowest BCUT2D eigenvalue weighted by Crippen LogP contribution is -2.33. The van der Waals surface area contributed by atoms with Crippen LogP contribution in [-0.2, 0) is 16.0 Å². The third kappa shape index (κ3) is 4.95. The van der Waals surface area contributed by atoms with Crippen molar-refractivity contribution in [2.45, 2.75) is 12.5 Å². The molecule has 4 aromatic rings. The number of carbonyl (C=O) groups is 2. The first-order valence-corrected chi connectivity index (χ1v) is 12.7. The molecule has 1 amide bonds. The predicted molar refractivity (Wildman–Crippen MR) is 147 cm³/mol. The van der Waals surface area contributed by atoms with Crippen LogP contribution in [0.4, 0.5) is 0 Å². The summed E-state index contributed by atoms with van der Waals surface area (Å²) in [5.74, 6) is -0.721. The van der Waals surface area contributed by atoms with E-state index in [0.29, 0.717) is 13.0 Å². The van der Waals surface area contributed by atoms with Gasteiger partial charge in [-0.25, -0.2) is 0 Å². The molecule has 37 heavy (non-hydrogen) atoms. The van der Waals surface area contributed by atoms with Gasteiger partial charge in [-0.3, -0.25) is 9.59 Å². The van der Waals surface area contributed by atoms with E-state index in [1.165, 1.54) is 6.08 Å². The van der Waals surface area contributed by atoms with Crippen molar-refractivity contribution >= 4 is 44.6 Å². The van der Waals surface area contributed by atoms with Gasteiger partial charge in [0.1, 0.15) is 5.75 Å². The summed E-state index contributed by atoms with van der Waals surface area (Å²) in [5.41, 5.74) is 3.65. The van der Waals surface area contributed by atoms with E-state index in [-0.39, 0.29) is 5.57 Å². The highest BCUT2D eigenvalue weighted by atomic mass is 79.9. The van der Waals surface area contributed by atoms with Crippen LogP contribution >= 0.6 is 15.9 Å². The van der Waals surface area contributed by atoms with Crippen LogP contribution in [-0.4, -0.2) is 40.3 Å². The minimum absolute atomic E-state index is 0.0795. The first-order chi connectivity index (χ1) is 18.0. The number of nitrogens with one attached hydrogen (secondary N) is 1. The van der Waals surface area contributed by atoms with Gasteiger partial charge >= 0.3 is 0 Å². The molecule has 0 saturated carbocycles. The second-order valence-electron chi connectivity index (χ2n) is 8.80. The number of methoxy groups -OCH3 is 1. The summed E-state index contributed by atoms with van der Waals surface area (Å²) < 4.78 is 6.19. The van der Waals surface area contributed by atoms with Crippen LogP contribution < -0.4 is 4.74 Å². The van der Waals surface area contributed by atoms with Gasteiger partial charge in [0.2, 0.25) is 0 Å². The maximum absolute atomic E-state index is 13.4. The fourth-order valence-corrected chi connectivity index (χ4v) is 5.13. The van der Waals surface area contributed by atoms with Gasteiger partial charge < -0.3 is 19.7 Å². The molecule has 1 aliphatic rings. The van der Waals surface area contributed by atoms with Crippen molar-refractivity contribution in [3.8, 4) is 5.75 Å². The highest BCUT2D eigenvalue weighted by Crippen LogP contribution is 2.39. The fourth-order valence-electron chi connectivity index (χ4n) is 4.72. The maximum Gasteiger partial charge on any atom is 0.290 e. The highest BCUT2D eigenvalue weighted by Gasteiger charge is 2.42. The van der Waals surface area contributed by atoms with Crippen LogP contribution in [0, 0.1) is 0 Å². The average molecular weight is 557 g/mol. The maximum atomic E-state index is 13.4. The zero-order valence-electron chi connectivity index (χ0n) is 20.1. The topological polar surface area (TPSA) is 82.6 Å². The van der Waals surface area contributed by atoms with E-state index in [1.54, 1.807) is 18.1 Å². The molecule has 0 bridgehead atoms. The highest BCUT2D eigenvalue weighted by molar-refractivity contribution is 9.10. The number of aromatic nitrogens is 1. The molecule has 0 saturated heterocycles. The number of aliphatic hydroxyl groups excluding tert-OH is 1. The van der Waals surface area contributed by atoms with Gasteiger partial charge in [-0.1, -0.05) is 64.5 Å². The first-order valence-electron chi connectivity index (χ1n) is 11.9. The number of hydrogen-bond acceptors (Lipinski definition) is 4. The summed E-state index contributed by atoms with van der Waals surface area (Å²) in [4.78, 5) is 31.5. The van der Waals surface area contributed by atoms with Gasteiger partial charge in [-0.15, -0.1) is 0 Å². The van der Waals surface area contributed by atoms with E-state index in [1.807, 2.05) is 79.0 Å². The van der Waals surface area contributed by atoms with Gasteiger partial charge in [0.05, 0.1) is 18.7 Å². The van der Waals surface area contributed by atoms with Gasteiger partial charge in [0, 0.05) is 28.1 Å². The minimum Gasteiger partial charge on any atom is -0.503 e. The molecule has 2 heterocycles. The van der Waals surface area contributed by atoms with Crippen molar-refractivity contribution in [3.05, 3.63) is 118 Å². The molecule has 3 aromatic carbocycles. The number of H-pyrrole nitrogens is 1. The van der Waals surface area contributed by atoms with Crippen LogP contribution in [0.25, 0.3) is 17.0 Å². The Hall–Kier alpha value is -4.10. The number of ether oxygens (including phenoxy) is 1. The van der Waals surface area contributed by atoms with Crippen LogP contribution in [0.15, 0.2) is 101 Å². The van der Waals surface area contributed by atoms with Crippen molar-refractivity contribution < 1.29 is 19.4 Å². The van der Waals surface area contributed by atoms with Crippen LogP contribution in [0.5, 0.6) is 5.75 Å². The Balaban J connectivity index is 1.47. The lowest BCUT2D eigenvalue weighted by Gasteiger charge is -2.26. The van der Waals surface area contributed by atoms with Crippen molar-refractivity contribution in [3.63, 3.8) is 0 Å². The SMILES string of the molecule is COc1ccc2[nH]cc(CCN3C(=O)C(O)=C(C(=O)/C=C/c4ccccc4)C3c3cccc(Br)c3)c2c1. The zero-order valence-corrected chi connectivity index (χ0v) is 21.7. The van der Waals surface area contributed by atoms with Crippen molar-refractivity contribution in [2.24, 2.45) is 0 Å². The number of halogens is 1. The summed E-state index contributed by atoms with van der Waals surface area (Å²) in [6.45, 7) is 0.309. The van der Waals surface area contributed by atoms with Crippen LogP contribution in [0.1, 0.15) is 22.7 Å². The number of carbonyl (C=O) groups excluding carboxylic acids is 2. The fraction of sp³-hybridized carbons (Fsp3) is 0.133. The number of allylic oxidation sites excluding steroid dienone is 1. The van der Waals surface area contributed by atoms with Crippen molar-refractivity contribution in [1.82, 2.24) is 9.88 Å². The monoisotopic (exact) mass is 556 g/mol. The standard InChI is InChI=1S/C30H25BrN2O4/c1-37-23-11-12-25-24(17-23)21(18-32-25)14-15-33-28(20-8-5-9-22(31)16-20)27(29(35)30(33)36)26(34)13-10-19-6-3-2-4-7-19/h2-13,16-18,28,32,35H,14-15H2,1H3/b13-10+. The van der Waals surface area contributed by atoms with E-state index in [2.05, 4.69) is 20.9 Å². The number of nitrogens with zero attached hydrogens (tertiary/aromatic N) is 1. The number of rotatable bonds is 8. The number of ketones is 1. The molecule has 2 N–H and O–H groups in total. The number of amides is 1. The molecule has 1 unspecified atom stereocenters. The third-order valence-electron chi connectivity index (χ3n) is 6.56. The van der Waals surface area contributed by atoms with E-state index in [9.17, 15) is 14.7 Å². The van der Waals surface area contributed by atoms with Crippen LogP contribution in [0.3, 0.4) is 0 Å². The molecule has 1 aromatic heterocycles. The Bertz CT molecular complexity index is 1540. The van der Waals surface area contributed by atoms with E-state index in [4.69, 9.17) is 4.74 Å². The Kier molecular flexibility index (Phi) is 6.97. The Morgan fingerprint density at radius 2 is 1.92 bits per heavy atom. The van der Waals surface area contributed by atoms with Gasteiger partial charge in [-0.2, -0.15) is 0 Å². The number of fused-ring (bicyclic) bond motifs is 1. The molecule has 1 aliphatic heterocycles. The van der Waals surface area contributed by atoms with E-state index < -0.39 is 23.5 Å². The molecule has 6 nitrogen and oxygen atoms in total. The second-order valence-corrected chi connectivity index (χ2v) is 9.72. The van der Waals surface area contributed by atoms with Gasteiger partial charge in [0.25, 0.3) is 5.91 Å². The summed E-state index contributed by atoms with van der Waals surface area (Å²) in [7, 11) is 1.62. The molecule has 0 aliphatic carbocycles. The summed E-state index contributed by atoms with van der Waals surface area (Å²) >= 11 is 3.49. The van der Waals surface area contributed by atoms with Crippen molar-refractivity contribution in [1.29, 1.82) is 0 Å². The zero-order chi connectivity index (χ0) is 25.9. The second kappa shape index (κ2) is 10.5. The Morgan fingerprint density at radius 3 is 2.68 bits per heavy atom. The molecule has 186 valence electrons. The van der Waals surface area contributed by atoms with E-state index in [0.717, 1.165) is 37.8 Å². The molecule has 7 heteroatoms. The van der Waals surface area contributed by atoms with E-state index >= 15 is 0 Å². The normalized spacial score (nSPS) is 15.8. The average Bonchev–Trinajstić information content (AvgIpc) is 3.44. The summed E-state index contributed by atoms with van der Waals surface area (Å²) in [6.07, 6.45) is 5.54. The Labute approximate surface area is 223 Å². The Morgan fingerprint density at radius 1 is 1.11 bits per heavy atom. The number of aliphatic hydroxyl groups is 1. The largest absolute Gasteiger partial charge is 0.503 e. The molecular formula is C30H25BrN2O4. The molecule has 0 radical (unpaired) electrons. The van der Waals surface area contributed by atoms with Gasteiger partial charge in [-0.05, 0) is 59.5 Å². The molecule has 5 rings (SSSR count). The smallest absolute Gasteiger partial charge is 0.290 e. The molecular weight excluding hydrogens is 532 g/mol. The van der Waals surface area contributed by atoms with Gasteiger partial charge in [0.15, 0.2) is 11.5 Å². The number of benzene rings is 3. The lowest BCUT2D eigenvalue weighted by molar-refractivity contribution is -0.129. The predicted octanol–water partition coefficient (Wildman–Crippen LogP) is 6.16. The first kappa shape index (κ1) is 24.6. The number of aromatic amines is 1. The quantitative estimate of drug-likeness (QED) is 0.254. The molecule has 0 fully saturated rings. The number of hydrogen-bond donors (Lipinski definition) is 2. The third-order valence-corrected chi connectivity index (χ3v) is 7.05. The summed E-state index contributed by atoms with van der Waals surface area (Å²) in [6, 6.07) is 22.0. The van der Waals surface area contributed by atoms with Crippen molar-refractivity contribution in [2.75, 3.05) is 13.7 Å². The molecule has 0 spiro atoms. The van der Waals surface area contributed by atoms with Crippen LogP contribution in [0.2, 0.25) is 0 Å². The molecule has 1 atom stereocenters.